The first-order valence-electron chi connectivity index (χ1n) is 10.3. The van der Waals surface area contributed by atoms with Gasteiger partial charge in [0.2, 0.25) is 10.0 Å². The maximum atomic E-state index is 12.9. The van der Waals surface area contributed by atoms with Gasteiger partial charge in [-0.3, -0.25) is 0 Å². The molecular weight excluding hydrogens is 412 g/mol. The van der Waals surface area contributed by atoms with E-state index in [9.17, 15) is 8.42 Å². The third-order valence-electron chi connectivity index (χ3n) is 5.33. The summed E-state index contributed by atoms with van der Waals surface area (Å²) < 4.78 is 27.4. The van der Waals surface area contributed by atoms with Crippen LogP contribution in [0.3, 0.4) is 0 Å². The Labute approximate surface area is 183 Å². The van der Waals surface area contributed by atoms with Crippen LogP contribution < -0.4 is 10.2 Å². The second kappa shape index (κ2) is 8.99. The highest BCUT2D eigenvalue weighted by Crippen LogP contribution is 2.21. The number of anilines is 3. The van der Waals surface area contributed by atoms with Crippen LogP contribution in [0.5, 0.6) is 0 Å². The Hall–Kier alpha value is -3.04. The molecule has 162 valence electrons. The van der Waals surface area contributed by atoms with Gasteiger partial charge in [0.15, 0.2) is 11.6 Å². The summed E-state index contributed by atoms with van der Waals surface area (Å²) >= 11 is 0. The van der Waals surface area contributed by atoms with E-state index in [0.29, 0.717) is 42.7 Å². The maximum absolute atomic E-state index is 12.9. The van der Waals surface area contributed by atoms with Crippen LogP contribution in [0.1, 0.15) is 18.2 Å². The summed E-state index contributed by atoms with van der Waals surface area (Å²) in [6, 6.07) is 16.6. The number of sulfonamides is 1. The number of aryl methyl sites for hydroxylation is 2. The van der Waals surface area contributed by atoms with E-state index in [4.69, 9.17) is 0 Å². The molecule has 1 saturated heterocycles. The molecule has 1 N–H and O–H groups in total. The predicted octanol–water partition coefficient (Wildman–Crippen LogP) is 3.00. The quantitative estimate of drug-likeness (QED) is 0.633. The van der Waals surface area contributed by atoms with Crippen LogP contribution in [0.15, 0.2) is 59.5 Å². The van der Waals surface area contributed by atoms with Crippen molar-refractivity contribution in [1.29, 1.82) is 0 Å². The maximum Gasteiger partial charge on any atom is 0.243 e. The lowest BCUT2D eigenvalue weighted by Gasteiger charge is -2.34. The highest BCUT2D eigenvalue weighted by atomic mass is 32.2. The molecule has 31 heavy (non-hydrogen) atoms. The summed E-state index contributed by atoms with van der Waals surface area (Å²) in [5, 5.41) is 11.7. The highest BCUT2D eigenvalue weighted by molar-refractivity contribution is 7.89. The Morgan fingerprint density at radius 1 is 0.903 bits per heavy atom. The summed E-state index contributed by atoms with van der Waals surface area (Å²) in [6.07, 6.45) is 0.885. The van der Waals surface area contributed by atoms with Crippen LogP contribution in [-0.2, 0) is 16.4 Å². The average Bonchev–Trinajstić information content (AvgIpc) is 2.80. The Kier molecular flexibility index (Phi) is 6.15. The third kappa shape index (κ3) is 4.83. The average molecular weight is 439 g/mol. The molecule has 1 aliphatic heterocycles. The Bertz CT molecular complexity index is 1130. The molecule has 3 aromatic rings. The fourth-order valence-electron chi connectivity index (χ4n) is 3.51. The van der Waals surface area contributed by atoms with Crippen molar-refractivity contribution in [2.75, 3.05) is 36.4 Å². The highest BCUT2D eigenvalue weighted by Gasteiger charge is 2.29. The van der Waals surface area contributed by atoms with Crippen molar-refractivity contribution in [1.82, 2.24) is 19.5 Å². The van der Waals surface area contributed by atoms with Crippen molar-refractivity contribution in [2.24, 2.45) is 0 Å². The molecule has 3 heterocycles. The minimum absolute atomic E-state index is 0.345. The molecule has 8 nitrogen and oxygen atoms in total. The molecule has 4 rings (SSSR count). The lowest BCUT2D eigenvalue weighted by molar-refractivity contribution is 0.383. The largest absolute Gasteiger partial charge is 0.352 e. The van der Waals surface area contributed by atoms with Crippen LogP contribution in [0, 0.1) is 6.92 Å². The first kappa shape index (κ1) is 21.2. The molecule has 0 atom stereocenters. The molecular formula is C22H26N6O2S. The number of pyridine rings is 1. The number of piperazine rings is 1. The van der Waals surface area contributed by atoms with Gasteiger partial charge >= 0.3 is 0 Å². The fraction of sp³-hybridized carbons (Fsp3) is 0.318. The van der Waals surface area contributed by atoms with Crippen LogP contribution >= 0.6 is 0 Å². The molecule has 0 aliphatic carbocycles. The standard InChI is InChI=1S/C22H26N6O2S/c1-3-18-7-9-19(10-8-18)31(29,30)28-15-13-27(14-16-28)22-12-11-21(25-26-22)24-20-6-4-5-17(2)23-20/h4-12H,3,13-16H2,1-2H3,(H,23,24,25). The van der Waals surface area contributed by atoms with Gasteiger partial charge in [-0.1, -0.05) is 25.1 Å². The number of hydrogen-bond acceptors (Lipinski definition) is 7. The molecule has 9 heteroatoms. The second-order valence-electron chi connectivity index (χ2n) is 7.45. The van der Waals surface area contributed by atoms with E-state index < -0.39 is 10.0 Å². The second-order valence-corrected chi connectivity index (χ2v) is 9.39. The van der Waals surface area contributed by atoms with Gasteiger partial charge in [0.1, 0.15) is 5.82 Å². The molecule has 0 radical (unpaired) electrons. The van der Waals surface area contributed by atoms with Gasteiger partial charge in [-0.05, 0) is 55.3 Å². The number of aromatic nitrogens is 3. The summed E-state index contributed by atoms with van der Waals surface area (Å²) in [4.78, 5) is 6.79. The van der Waals surface area contributed by atoms with Gasteiger partial charge in [0.25, 0.3) is 0 Å². The molecule has 0 spiro atoms. The van der Waals surface area contributed by atoms with E-state index in [2.05, 4.69) is 20.5 Å². The van der Waals surface area contributed by atoms with Crippen LogP contribution in [-0.4, -0.2) is 54.1 Å². The third-order valence-corrected chi connectivity index (χ3v) is 7.24. The van der Waals surface area contributed by atoms with Crippen molar-refractivity contribution in [3.63, 3.8) is 0 Å². The molecule has 0 saturated carbocycles. The Morgan fingerprint density at radius 2 is 1.65 bits per heavy atom. The lowest BCUT2D eigenvalue weighted by Crippen LogP contribution is -2.49. The molecule has 1 aromatic carbocycles. The smallest absolute Gasteiger partial charge is 0.243 e. The van der Waals surface area contributed by atoms with Gasteiger partial charge in [-0.2, -0.15) is 4.31 Å². The molecule has 0 bridgehead atoms. The normalized spacial score (nSPS) is 15.1. The summed E-state index contributed by atoms with van der Waals surface area (Å²) in [5.41, 5.74) is 2.04. The van der Waals surface area contributed by atoms with E-state index in [0.717, 1.165) is 23.5 Å². The monoisotopic (exact) mass is 438 g/mol. The minimum atomic E-state index is -3.48. The number of hydrogen-bond donors (Lipinski definition) is 1. The zero-order valence-corrected chi connectivity index (χ0v) is 18.5. The minimum Gasteiger partial charge on any atom is -0.352 e. The van der Waals surface area contributed by atoms with Crippen molar-refractivity contribution in [3.05, 3.63) is 65.9 Å². The number of nitrogens with one attached hydrogen (secondary N) is 1. The number of benzene rings is 1. The van der Waals surface area contributed by atoms with E-state index in [-0.39, 0.29) is 0 Å². The first-order valence-corrected chi connectivity index (χ1v) is 11.8. The van der Waals surface area contributed by atoms with Crippen molar-refractivity contribution in [3.8, 4) is 0 Å². The summed E-state index contributed by atoms with van der Waals surface area (Å²) in [5.74, 6) is 2.05. The van der Waals surface area contributed by atoms with Crippen molar-refractivity contribution < 1.29 is 8.42 Å². The SMILES string of the molecule is CCc1ccc(S(=O)(=O)N2CCN(c3ccc(Nc4cccc(C)n4)nn3)CC2)cc1. The number of rotatable bonds is 6. The Morgan fingerprint density at radius 3 is 2.26 bits per heavy atom. The molecule has 0 unspecified atom stereocenters. The van der Waals surface area contributed by atoms with E-state index >= 15 is 0 Å². The van der Waals surface area contributed by atoms with E-state index in [1.54, 1.807) is 12.1 Å². The zero-order valence-electron chi connectivity index (χ0n) is 17.7. The van der Waals surface area contributed by atoms with Crippen molar-refractivity contribution in [2.45, 2.75) is 25.2 Å². The molecule has 0 amide bonds. The zero-order chi connectivity index (χ0) is 21.8. The predicted molar refractivity (Wildman–Crippen MR) is 121 cm³/mol. The summed E-state index contributed by atoms with van der Waals surface area (Å²) in [7, 11) is -3.48. The summed E-state index contributed by atoms with van der Waals surface area (Å²) in [6.45, 7) is 5.92. The van der Waals surface area contributed by atoms with E-state index in [1.165, 1.54) is 4.31 Å². The van der Waals surface area contributed by atoms with Gasteiger partial charge in [0, 0.05) is 31.9 Å². The lowest BCUT2D eigenvalue weighted by atomic mass is 10.2. The topological polar surface area (TPSA) is 91.3 Å². The van der Waals surface area contributed by atoms with Crippen LogP contribution in [0.2, 0.25) is 0 Å². The first-order chi connectivity index (χ1) is 15.0. The van der Waals surface area contributed by atoms with Gasteiger partial charge < -0.3 is 10.2 Å². The van der Waals surface area contributed by atoms with Crippen LogP contribution in [0.4, 0.5) is 17.5 Å². The Balaban J connectivity index is 1.38. The molecule has 2 aromatic heterocycles. The molecule has 1 aliphatic rings. The van der Waals surface area contributed by atoms with Crippen molar-refractivity contribution >= 4 is 27.5 Å². The van der Waals surface area contributed by atoms with Gasteiger partial charge in [0.05, 0.1) is 4.90 Å². The van der Waals surface area contributed by atoms with Crippen LogP contribution in [0.25, 0.3) is 0 Å². The molecule has 1 fully saturated rings. The van der Waals surface area contributed by atoms with Gasteiger partial charge in [-0.25, -0.2) is 13.4 Å². The number of nitrogens with zero attached hydrogens (tertiary/aromatic N) is 5. The van der Waals surface area contributed by atoms with E-state index in [1.807, 2.05) is 61.2 Å². The fourth-order valence-corrected chi connectivity index (χ4v) is 4.93. The van der Waals surface area contributed by atoms with Gasteiger partial charge in [-0.15, -0.1) is 10.2 Å².